The fourth-order valence-corrected chi connectivity index (χ4v) is 2.47. The quantitative estimate of drug-likeness (QED) is 0.933. The Hall–Kier alpha value is -2.43. The zero-order valence-corrected chi connectivity index (χ0v) is 11.3. The molecular formula is C15H15NO4. The van der Waals surface area contributed by atoms with Gasteiger partial charge in [0.25, 0.3) is 0 Å². The third-order valence-corrected chi connectivity index (χ3v) is 3.32. The summed E-state index contributed by atoms with van der Waals surface area (Å²) in [5, 5.41) is 9.26. The molecule has 0 saturated carbocycles. The summed E-state index contributed by atoms with van der Waals surface area (Å²) in [5.74, 6) is 0.483. The Bertz CT molecular complexity index is 673. The largest absolute Gasteiger partial charge is 0.477 e. The molecule has 2 aromatic rings. The van der Waals surface area contributed by atoms with E-state index in [-0.39, 0.29) is 18.5 Å². The van der Waals surface area contributed by atoms with Crippen LogP contribution in [0.5, 0.6) is 11.5 Å². The predicted octanol–water partition coefficient (Wildman–Crippen LogP) is 3.16. The van der Waals surface area contributed by atoms with Crippen molar-refractivity contribution in [1.29, 1.82) is 0 Å². The van der Waals surface area contributed by atoms with Gasteiger partial charge in [-0.3, -0.25) is 0 Å². The monoisotopic (exact) mass is 273 g/mol. The number of fused-ring (bicyclic) bond motifs is 1. The van der Waals surface area contributed by atoms with Crippen molar-refractivity contribution >= 4 is 5.97 Å². The molecule has 0 radical (unpaired) electrons. The van der Waals surface area contributed by atoms with Crippen molar-refractivity contribution in [3.05, 3.63) is 36.0 Å². The Morgan fingerprint density at radius 3 is 2.65 bits per heavy atom. The molecule has 1 N–H and O–H groups in total. The summed E-state index contributed by atoms with van der Waals surface area (Å²) in [6.45, 7) is 4.15. The molecular weight excluding hydrogens is 258 g/mol. The Kier molecular flexibility index (Phi) is 2.89. The van der Waals surface area contributed by atoms with Crippen LogP contribution in [-0.4, -0.2) is 22.4 Å². The van der Waals surface area contributed by atoms with Gasteiger partial charge in [-0.15, -0.1) is 0 Å². The molecule has 0 bridgehead atoms. The Labute approximate surface area is 116 Å². The number of carboxylic acid groups (broad SMARTS) is 1. The first-order chi connectivity index (χ1) is 9.58. The number of aromatic carboxylic acids is 1. The molecule has 20 heavy (non-hydrogen) atoms. The minimum atomic E-state index is -0.925. The maximum atomic E-state index is 11.3. The molecule has 3 rings (SSSR count). The highest BCUT2D eigenvalue weighted by Gasteiger charge is 2.19. The predicted molar refractivity (Wildman–Crippen MR) is 73.3 cm³/mol. The van der Waals surface area contributed by atoms with Gasteiger partial charge in [-0.05, 0) is 44.2 Å². The second-order valence-electron chi connectivity index (χ2n) is 4.94. The summed E-state index contributed by atoms with van der Waals surface area (Å²) in [6, 6.07) is 9.13. The first-order valence-corrected chi connectivity index (χ1v) is 6.42. The summed E-state index contributed by atoms with van der Waals surface area (Å²) in [6.07, 6.45) is 0. The van der Waals surface area contributed by atoms with Crippen molar-refractivity contribution in [2.75, 3.05) is 6.79 Å². The van der Waals surface area contributed by atoms with E-state index in [2.05, 4.69) is 0 Å². The number of carbonyl (C=O) groups is 1. The lowest BCUT2D eigenvalue weighted by molar-refractivity contribution is 0.0683. The molecule has 0 aliphatic carbocycles. The molecule has 0 spiro atoms. The number of carboxylic acids is 1. The molecule has 2 heterocycles. The van der Waals surface area contributed by atoms with Gasteiger partial charge >= 0.3 is 5.97 Å². The number of rotatable bonds is 3. The molecule has 0 unspecified atom stereocenters. The molecule has 0 fully saturated rings. The van der Waals surface area contributed by atoms with Crippen molar-refractivity contribution in [3.8, 4) is 22.8 Å². The molecule has 0 amide bonds. The van der Waals surface area contributed by atoms with E-state index in [1.54, 1.807) is 10.6 Å². The molecule has 104 valence electrons. The van der Waals surface area contributed by atoms with Gasteiger partial charge in [0.2, 0.25) is 6.79 Å². The van der Waals surface area contributed by atoms with Crippen molar-refractivity contribution < 1.29 is 19.4 Å². The SMILES string of the molecule is CC(C)n1c(C(=O)O)ccc1-c1ccc2c(c1)OCO2. The van der Waals surface area contributed by atoms with Gasteiger partial charge in [-0.25, -0.2) is 4.79 Å². The first-order valence-electron chi connectivity index (χ1n) is 6.42. The van der Waals surface area contributed by atoms with Crippen LogP contribution in [0.3, 0.4) is 0 Å². The van der Waals surface area contributed by atoms with E-state index >= 15 is 0 Å². The first kappa shape index (κ1) is 12.6. The van der Waals surface area contributed by atoms with Crippen LogP contribution in [-0.2, 0) is 0 Å². The number of aromatic nitrogens is 1. The number of hydrogen-bond acceptors (Lipinski definition) is 3. The minimum Gasteiger partial charge on any atom is -0.477 e. The van der Waals surface area contributed by atoms with Gasteiger partial charge in [0, 0.05) is 17.3 Å². The van der Waals surface area contributed by atoms with Crippen molar-refractivity contribution in [1.82, 2.24) is 4.57 Å². The highest BCUT2D eigenvalue weighted by molar-refractivity contribution is 5.87. The van der Waals surface area contributed by atoms with E-state index in [9.17, 15) is 9.90 Å². The van der Waals surface area contributed by atoms with Crippen molar-refractivity contribution in [3.63, 3.8) is 0 Å². The van der Waals surface area contributed by atoms with Crippen LogP contribution < -0.4 is 9.47 Å². The van der Waals surface area contributed by atoms with Gasteiger partial charge in [-0.2, -0.15) is 0 Å². The highest BCUT2D eigenvalue weighted by Crippen LogP contribution is 2.37. The highest BCUT2D eigenvalue weighted by atomic mass is 16.7. The smallest absolute Gasteiger partial charge is 0.352 e. The molecule has 1 aromatic carbocycles. The van der Waals surface area contributed by atoms with E-state index in [1.807, 2.05) is 38.1 Å². The zero-order valence-electron chi connectivity index (χ0n) is 11.3. The summed E-state index contributed by atoms with van der Waals surface area (Å²) in [7, 11) is 0. The van der Waals surface area contributed by atoms with E-state index < -0.39 is 5.97 Å². The Morgan fingerprint density at radius 1 is 1.20 bits per heavy atom. The van der Waals surface area contributed by atoms with E-state index in [1.165, 1.54) is 0 Å². The molecule has 5 heteroatoms. The van der Waals surface area contributed by atoms with Crippen LogP contribution in [0, 0.1) is 0 Å². The Balaban J connectivity index is 2.12. The van der Waals surface area contributed by atoms with Crippen molar-refractivity contribution in [2.24, 2.45) is 0 Å². The van der Waals surface area contributed by atoms with Crippen LogP contribution in [0.4, 0.5) is 0 Å². The molecule has 0 atom stereocenters. The van der Waals surface area contributed by atoms with Crippen molar-refractivity contribution in [2.45, 2.75) is 19.9 Å². The van der Waals surface area contributed by atoms with Gasteiger partial charge in [0.15, 0.2) is 11.5 Å². The Morgan fingerprint density at radius 2 is 1.95 bits per heavy atom. The number of nitrogens with zero attached hydrogens (tertiary/aromatic N) is 1. The average molecular weight is 273 g/mol. The average Bonchev–Trinajstić information content (AvgIpc) is 3.04. The van der Waals surface area contributed by atoms with Crippen LogP contribution in [0.2, 0.25) is 0 Å². The third-order valence-electron chi connectivity index (χ3n) is 3.32. The minimum absolute atomic E-state index is 0.0523. The molecule has 1 aliphatic rings. The van der Waals surface area contributed by atoms with E-state index in [0.717, 1.165) is 17.0 Å². The third kappa shape index (κ3) is 1.91. The summed E-state index contributed by atoms with van der Waals surface area (Å²) in [5.41, 5.74) is 2.05. The summed E-state index contributed by atoms with van der Waals surface area (Å²) in [4.78, 5) is 11.3. The van der Waals surface area contributed by atoms with Gasteiger partial charge in [0.1, 0.15) is 5.69 Å². The maximum absolute atomic E-state index is 11.3. The molecule has 1 aromatic heterocycles. The van der Waals surface area contributed by atoms with E-state index in [4.69, 9.17) is 9.47 Å². The number of hydrogen-bond donors (Lipinski definition) is 1. The lowest BCUT2D eigenvalue weighted by Crippen LogP contribution is -2.11. The van der Waals surface area contributed by atoms with E-state index in [0.29, 0.717) is 5.75 Å². The number of ether oxygens (including phenoxy) is 2. The van der Waals surface area contributed by atoms with Gasteiger partial charge in [0.05, 0.1) is 0 Å². The second kappa shape index (κ2) is 4.59. The second-order valence-corrected chi connectivity index (χ2v) is 4.94. The lowest BCUT2D eigenvalue weighted by Gasteiger charge is -2.15. The summed E-state index contributed by atoms with van der Waals surface area (Å²) < 4.78 is 12.5. The summed E-state index contributed by atoms with van der Waals surface area (Å²) >= 11 is 0. The lowest BCUT2D eigenvalue weighted by atomic mass is 10.1. The molecule has 1 aliphatic heterocycles. The number of benzene rings is 1. The standard InChI is InChI=1S/C15H15NO4/c1-9(2)16-11(4-5-12(16)15(17)18)10-3-6-13-14(7-10)20-8-19-13/h3-7,9H,8H2,1-2H3,(H,17,18). The zero-order chi connectivity index (χ0) is 14.3. The van der Waals surface area contributed by atoms with Crippen LogP contribution in [0.15, 0.2) is 30.3 Å². The fraction of sp³-hybridized carbons (Fsp3) is 0.267. The van der Waals surface area contributed by atoms with Gasteiger partial charge in [-0.1, -0.05) is 0 Å². The maximum Gasteiger partial charge on any atom is 0.352 e. The molecule has 5 nitrogen and oxygen atoms in total. The fourth-order valence-electron chi connectivity index (χ4n) is 2.47. The van der Waals surface area contributed by atoms with Crippen LogP contribution in [0.25, 0.3) is 11.3 Å². The topological polar surface area (TPSA) is 60.7 Å². The normalized spacial score (nSPS) is 12.9. The van der Waals surface area contributed by atoms with Gasteiger partial charge < -0.3 is 19.1 Å². The van der Waals surface area contributed by atoms with Crippen LogP contribution >= 0.6 is 0 Å². The molecule has 0 saturated heterocycles. The van der Waals surface area contributed by atoms with Crippen LogP contribution in [0.1, 0.15) is 30.4 Å².